The van der Waals surface area contributed by atoms with Crippen molar-refractivity contribution in [3.63, 3.8) is 0 Å². The van der Waals surface area contributed by atoms with Gasteiger partial charge in [-0.2, -0.15) is 4.39 Å². The van der Waals surface area contributed by atoms with Gasteiger partial charge in [0.2, 0.25) is 5.82 Å². The number of alkyl halides is 1. The highest BCUT2D eigenvalue weighted by atomic mass is 79.9. The molecule has 0 radical (unpaired) electrons. The highest BCUT2D eigenvalue weighted by Crippen LogP contribution is 2.25. The molecule has 19 heavy (non-hydrogen) atoms. The first-order valence-electron chi connectivity index (χ1n) is 5.16. The van der Waals surface area contributed by atoms with Crippen LogP contribution >= 0.6 is 15.9 Å². The van der Waals surface area contributed by atoms with Crippen LogP contribution in [0.15, 0.2) is 6.07 Å². The van der Waals surface area contributed by atoms with Crippen molar-refractivity contribution in [1.29, 1.82) is 0 Å². The van der Waals surface area contributed by atoms with Crippen molar-refractivity contribution in [3.8, 4) is 5.75 Å². The first-order valence-corrected chi connectivity index (χ1v) is 6.07. The van der Waals surface area contributed by atoms with Gasteiger partial charge < -0.3 is 15.2 Å². The predicted octanol–water partition coefficient (Wildman–Crippen LogP) is 1.95. The number of carbonyl (C=O) groups excluding carboxylic acids is 1. The first-order chi connectivity index (χ1) is 8.88. The Bertz CT molecular complexity index is 485. The summed E-state index contributed by atoms with van der Waals surface area (Å²) in [7, 11) is 1.46. The van der Waals surface area contributed by atoms with Gasteiger partial charge in [0.1, 0.15) is 0 Å². The van der Waals surface area contributed by atoms with Gasteiger partial charge in [0, 0.05) is 13.7 Å². The Balaban J connectivity index is 2.83. The quantitative estimate of drug-likeness (QED) is 0.635. The molecule has 1 aromatic rings. The molecule has 0 spiro atoms. The lowest BCUT2D eigenvalue weighted by molar-refractivity contribution is 0.0944. The molecule has 0 saturated heterocycles. The van der Waals surface area contributed by atoms with Crippen LogP contribution in [0.2, 0.25) is 0 Å². The highest BCUT2D eigenvalue weighted by molar-refractivity contribution is 9.09. The maximum Gasteiger partial charge on any atom is 0.254 e. The highest BCUT2D eigenvalue weighted by Gasteiger charge is 2.22. The molecule has 1 aromatic carbocycles. The third-order valence-corrected chi connectivity index (χ3v) is 2.80. The summed E-state index contributed by atoms with van der Waals surface area (Å²) < 4.78 is 44.0. The number of carbonyl (C=O) groups is 1. The lowest BCUT2D eigenvalue weighted by atomic mass is 10.1. The number of aromatic hydroxyl groups is 1. The van der Waals surface area contributed by atoms with Crippen LogP contribution in [-0.2, 0) is 4.74 Å². The van der Waals surface area contributed by atoms with Gasteiger partial charge in [-0.1, -0.05) is 15.9 Å². The molecule has 106 valence electrons. The van der Waals surface area contributed by atoms with E-state index in [-0.39, 0.29) is 11.4 Å². The summed E-state index contributed by atoms with van der Waals surface area (Å²) in [6, 6.07) is 0.388. The van der Waals surface area contributed by atoms with Crippen molar-refractivity contribution >= 4 is 21.8 Å². The zero-order chi connectivity index (χ0) is 14.6. The Morgan fingerprint density at radius 1 is 1.47 bits per heavy atom. The molecule has 0 aliphatic rings. The van der Waals surface area contributed by atoms with Crippen LogP contribution < -0.4 is 5.32 Å². The summed E-state index contributed by atoms with van der Waals surface area (Å²) in [6.07, 6.45) is 0. The van der Waals surface area contributed by atoms with E-state index in [1.54, 1.807) is 0 Å². The molecule has 1 atom stereocenters. The van der Waals surface area contributed by atoms with Gasteiger partial charge in [-0.25, -0.2) is 8.78 Å². The molecule has 1 rings (SSSR count). The van der Waals surface area contributed by atoms with Crippen LogP contribution in [0.4, 0.5) is 13.2 Å². The lowest BCUT2D eigenvalue weighted by Crippen LogP contribution is -2.32. The van der Waals surface area contributed by atoms with E-state index < -0.39 is 34.7 Å². The number of methoxy groups -OCH3 is 1. The molecule has 0 fully saturated rings. The van der Waals surface area contributed by atoms with Gasteiger partial charge in [0.15, 0.2) is 17.4 Å². The lowest BCUT2D eigenvalue weighted by Gasteiger charge is -2.11. The van der Waals surface area contributed by atoms with Crippen molar-refractivity contribution < 1.29 is 27.8 Å². The summed E-state index contributed by atoms with van der Waals surface area (Å²) >= 11 is 3.18. The summed E-state index contributed by atoms with van der Waals surface area (Å²) in [4.78, 5) is 11.4. The van der Waals surface area contributed by atoms with Gasteiger partial charge in [-0.3, -0.25) is 4.79 Å². The van der Waals surface area contributed by atoms with Gasteiger partial charge in [0.25, 0.3) is 5.91 Å². The standard InChI is InChI=1S/C11H11BrF3NO3/c1-19-4-5(12)3-16-11(18)6-2-7(13)9(15)10(17)8(6)14/h2,5,17H,3-4H2,1H3,(H,16,18). The number of amides is 1. The summed E-state index contributed by atoms with van der Waals surface area (Å²) in [5.74, 6) is -7.22. The molecule has 0 aliphatic heterocycles. The maximum atomic E-state index is 13.4. The van der Waals surface area contributed by atoms with Crippen molar-refractivity contribution in [1.82, 2.24) is 5.32 Å². The number of phenolic OH excluding ortho intramolecular Hbond substituents is 1. The van der Waals surface area contributed by atoms with Gasteiger partial charge >= 0.3 is 0 Å². The monoisotopic (exact) mass is 341 g/mol. The number of halogens is 4. The molecule has 1 unspecified atom stereocenters. The van der Waals surface area contributed by atoms with E-state index in [1.165, 1.54) is 7.11 Å². The predicted molar refractivity (Wildman–Crippen MR) is 64.9 cm³/mol. The van der Waals surface area contributed by atoms with E-state index in [1.807, 2.05) is 0 Å². The van der Waals surface area contributed by atoms with Crippen molar-refractivity contribution in [2.45, 2.75) is 4.83 Å². The minimum absolute atomic E-state index is 0.0892. The average Bonchev–Trinajstić information content (AvgIpc) is 2.38. The number of phenols is 1. The van der Waals surface area contributed by atoms with E-state index in [0.717, 1.165) is 0 Å². The molecule has 0 saturated carbocycles. The van der Waals surface area contributed by atoms with Crippen LogP contribution in [0.1, 0.15) is 10.4 Å². The fourth-order valence-electron chi connectivity index (χ4n) is 1.29. The molecule has 1 amide bonds. The number of ether oxygens (including phenoxy) is 1. The van der Waals surface area contributed by atoms with Crippen LogP contribution in [0, 0.1) is 17.5 Å². The fraction of sp³-hybridized carbons (Fsp3) is 0.364. The molecule has 0 bridgehead atoms. The van der Waals surface area contributed by atoms with Crippen molar-refractivity contribution in [3.05, 3.63) is 29.1 Å². The zero-order valence-corrected chi connectivity index (χ0v) is 11.4. The molecule has 4 nitrogen and oxygen atoms in total. The van der Waals surface area contributed by atoms with E-state index >= 15 is 0 Å². The van der Waals surface area contributed by atoms with Crippen molar-refractivity contribution in [2.75, 3.05) is 20.3 Å². The second kappa shape index (κ2) is 6.76. The van der Waals surface area contributed by atoms with Gasteiger partial charge in [0.05, 0.1) is 17.0 Å². The first kappa shape index (κ1) is 15.8. The molecule has 0 aliphatic carbocycles. The Morgan fingerprint density at radius 2 is 2.11 bits per heavy atom. The third-order valence-electron chi connectivity index (χ3n) is 2.21. The molecule has 8 heteroatoms. The maximum absolute atomic E-state index is 13.4. The Hall–Kier alpha value is -1.28. The molecular formula is C11H11BrF3NO3. The summed E-state index contributed by atoms with van der Waals surface area (Å²) in [5.41, 5.74) is -0.770. The third kappa shape index (κ3) is 3.84. The van der Waals surface area contributed by atoms with E-state index in [4.69, 9.17) is 9.84 Å². The normalized spacial score (nSPS) is 12.3. The Kier molecular flexibility index (Phi) is 5.61. The number of hydrogen-bond acceptors (Lipinski definition) is 3. The SMILES string of the molecule is COCC(Br)CNC(=O)c1cc(F)c(F)c(O)c1F. The van der Waals surface area contributed by atoms with E-state index in [2.05, 4.69) is 21.2 Å². The Labute approximate surface area is 115 Å². The fourth-order valence-corrected chi connectivity index (χ4v) is 1.72. The topological polar surface area (TPSA) is 58.6 Å². The number of nitrogens with one attached hydrogen (secondary N) is 1. The van der Waals surface area contributed by atoms with Crippen LogP contribution in [0.25, 0.3) is 0 Å². The largest absolute Gasteiger partial charge is 0.503 e. The number of benzene rings is 1. The molecule has 0 heterocycles. The van der Waals surface area contributed by atoms with Crippen LogP contribution in [-0.4, -0.2) is 36.1 Å². The molecule has 0 aromatic heterocycles. The van der Waals surface area contributed by atoms with Crippen LogP contribution in [0.5, 0.6) is 5.75 Å². The van der Waals surface area contributed by atoms with Crippen molar-refractivity contribution in [2.24, 2.45) is 0 Å². The second-order valence-electron chi connectivity index (χ2n) is 3.65. The molecule has 2 N–H and O–H groups in total. The van der Waals surface area contributed by atoms with Gasteiger partial charge in [-0.15, -0.1) is 0 Å². The number of rotatable bonds is 5. The van der Waals surface area contributed by atoms with Gasteiger partial charge in [-0.05, 0) is 6.07 Å². The van der Waals surface area contributed by atoms with E-state index in [9.17, 15) is 18.0 Å². The number of hydrogen-bond donors (Lipinski definition) is 2. The minimum Gasteiger partial charge on any atom is -0.503 e. The smallest absolute Gasteiger partial charge is 0.254 e. The van der Waals surface area contributed by atoms with E-state index in [0.29, 0.717) is 12.7 Å². The Morgan fingerprint density at radius 3 is 2.68 bits per heavy atom. The zero-order valence-electron chi connectivity index (χ0n) is 9.84. The average molecular weight is 342 g/mol. The summed E-state index contributed by atoms with van der Waals surface area (Å²) in [5, 5.41) is 11.3. The minimum atomic E-state index is -1.73. The molecular weight excluding hydrogens is 331 g/mol. The second-order valence-corrected chi connectivity index (χ2v) is 4.94. The summed E-state index contributed by atoms with van der Waals surface area (Å²) in [6.45, 7) is 0.387. The van der Waals surface area contributed by atoms with Crippen LogP contribution in [0.3, 0.4) is 0 Å².